The Morgan fingerprint density at radius 3 is 2.75 bits per heavy atom. The maximum Gasteiger partial charge on any atom is 0.225 e. The summed E-state index contributed by atoms with van der Waals surface area (Å²) in [7, 11) is 0. The van der Waals surface area contributed by atoms with E-state index in [-0.39, 0.29) is 0 Å². The van der Waals surface area contributed by atoms with E-state index in [2.05, 4.69) is 22.1 Å². The van der Waals surface area contributed by atoms with Crippen molar-refractivity contribution in [2.75, 3.05) is 31.1 Å². The fraction of sp³-hybridized carbons (Fsp3) is 0.667. The Morgan fingerprint density at radius 2 is 2.06 bits per heavy atom. The molecule has 1 aromatic heterocycles. The number of aromatic nitrogens is 2. The van der Waals surface area contributed by atoms with Gasteiger partial charge in [0.25, 0.3) is 0 Å². The second kappa shape index (κ2) is 4.01. The maximum atomic E-state index is 4.74. The van der Waals surface area contributed by atoms with Crippen molar-refractivity contribution < 1.29 is 0 Å². The highest BCUT2D eigenvalue weighted by Gasteiger charge is 2.27. The Balaban J connectivity index is 1.85. The van der Waals surface area contributed by atoms with Gasteiger partial charge in [-0.1, -0.05) is 0 Å². The number of hydrogen-bond donors (Lipinski definition) is 1. The molecule has 1 saturated heterocycles. The van der Waals surface area contributed by atoms with Crippen LogP contribution < -0.4 is 10.2 Å². The van der Waals surface area contributed by atoms with Crippen LogP contribution in [-0.4, -0.2) is 36.1 Å². The van der Waals surface area contributed by atoms with Gasteiger partial charge in [-0.05, 0) is 25.3 Å². The van der Waals surface area contributed by atoms with Gasteiger partial charge < -0.3 is 10.2 Å². The van der Waals surface area contributed by atoms with E-state index in [1.807, 2.05) is 6.20 Å². The highest BCUT2D eigenvalue weighted by molar-refractivity contribution is 5.36. The first-order valence-corrected chi connectivity index (χ1v) is 6.14. The normalized spacial score (nSPS) is 21.2. The van der Waals surface area contributed by atoms with E-state index in [1.54, 1.807) is 0 Å². The number of piperazine rings is 1. The first-order valence-electron chi connectivity index (χ1n) is 6.14. The van der Waals surface area contributed by atoms with Crippen LogP contribution in [-0.2, 0) is 0 Å². The quantitative estimate of drug-likeness (QED) is 0.806. The van der Waals surface area contributed by atoms with Gasteiger partial charge in [-0.3, -0.25) is 0 Å². The minimum Gasteiger partial charge on any atom is -0.338 e. The highest BCUT2D eigenvalue weighted by atomic mass is 15.3. The van der Waals surface area contributed by atoms with Gasteiger partial charge in [0.2, 0.25) is 5.95 Å². The molecular formula is C12H18N4. The second-order valence-electron chi connectivity index (χ2n) is 4.75. The fourth-order valence-corrected chi connectivity index (χ4v) is 2.23. The molecule has 86 valence electrons. The lowest BCUT2D eigenvalue weighted by atomic mass is 10.2. The SMILES string of the molecule is Cc1cnc(N2CCNCC2)nc1C1CC1. The van der Waals surface area contributed by atoms with E-state index in [4.69, 9.17) is 4.98 Å². The molecule has 0 unspecified atom stereocenters. The van der Waals surface area contributed by atoms with Gasteiger partial charge in [0.1, 0.15) is 0 Å². The zero-order valence-corrected chi connectivity index (χ0v) is 9.74. The molecule has 1 aliphatic heterocycles. The molecule has 1 aliphatic carbocycles. The van der Waals surface area contributed by atoms with Gasteiger partial charge in [0, 0.05) is 38.3 Å². The van der Waals surface area contributed by atoms with Gasteiger partial charge >= 0.3 is 0 Å². The minimum absolute atomic E-state index is 0.713. The molecule has 2 aliphatic rings. The lowest BCUT2D eigenvalue weighted by Gasteiger charge is -2.27. The molecule has 2 heterocycles. The third-order valence-corrected chi connectivity index (χ3v) is 3.36. The van der Waals surface area contributed by atoms with E-state index >= 15 is 0 Å². The van der Waals surface area contributed by atoms with Crippen LogP contribution in [0.1, 0.15) is 30.0 Å². The molecule has 2 fully saturated rings. The monoisotopic (exact) mass is 218 g/mol. The number of anilines is 1. The molecule has 0 amide bonds. The molecule has 16 heavy (non-hydrogen) atoms. The predicted molar refractivity (Wildman–Crippen MR) is 63.8 cm³/mol. The lowest BCUT2D eigenvalue weighted by Crippen LogP contribution is -2.44. The van der Waals surface area contributed by atoms with E-state index in [0.29, 0.717) is 5.92 Å². The van der Waals surface area contributed by atoms with Crippen LogP contribution in [0, 0.1) is 6.92 Å². The van der Waals surface area contributed by atoms with E-state index in [0.717, 1.165) is 32.1 Å². The van der Waals surface area contributed by atoms with E-state index in [1.165, 1.54) is 24.1 Å². The van der Waals surface area contributed by atoms with Crippen molar-refractivity contribution in [3.05, 3.63) is 17.5 Å². The van der Waals surface area contributed by atoms with Crippen LogP contribution in [0.4, 0.5) is 5.95 Å². The zero-order chi connectivity index (χ0) is 11.0. The third kappa shape index (κ3) is 1.89. The van der Waals surface area contributed by atoms with Crippen molar-refractivity contribution >= 4 is 5.95 Å². The third-order valence-electron chi connectivity index (χ3n) is 3.36. The standard InChI is InChI=1S/C12H18N4/c1-9-8-14-12(15-11(9)10-2-3-10)16-6-4-13-5-7-16/h8,10,13H,2-7H2,1H3. The van der Waals surface area contributed by atoms with Gasteiger partial charge in [0.05, 0.1) is 5.69 Å². The molecule has 0 aromatic carbocycles. The van der Waals surface area contributed by atoms with Crippen molar-refractivity contribution in [2.24, 2.45) is 0 Å². The molecule has 3 rings (SSSR count). The Kier molecular flexibility index (Phi) is 2.52. The first kappa shape index (κ1) is 10.0. The molecule has 4 nitrogen and oxygen atoms in total. The molecule has 1 saturated carbocycles. The summed E-state index contributed by atoms with van der Waals surface area (Å²) < 4.78 is 0. The number of aryl methyl sites for hydroxylation is 1. The molecular weight excluding hydrogens is 200 g/mol. The number of nitrogens with zero attached hydrogens (tertiary/aromatic N) is 3. The predicted octanol–water partition coefficient (Wildman–Crippen LogP) is 1.07. The summed E-state index contributed by atoms with van der Waals surface area (Å²) in [6.07, 6.45) is 4.59. The van der Waals surface area contributed by atoms with Crippen LogP contribution in [0.3, 0.4) is 0 Å². The Bertz CT molecular complexity index is 381. The van der Waals surface area contributed by atoms with Crippen LogP contribution in [0.25, 0.3) is 0 Å². The summed E-state index contributed by atoms with van der Waals surface area (Å²) in [6, 6.07) is 0. The van der Waals surface area contributed by atoms with E-state index in [9.17, 15) is 0 Å². The fourth-order valence-electron chi connectivity index (χ4n) is 2.23. The van der Waals surface area contributed by atoms with Gasteiger partial charge in [0.15, 0.2) is 0 Å². The lowest BCUT2D eigenvalue weighted by molar-refractivity contribution is 0.578. The summed E-state index contributed by atoms with van der Waals surface area (Å²) in [4.78, 5) is 11.5. The molecule has 0 atom stereocenters. The summed E-state index contributed by atoms with van der Waals surface area (Å²) >= 11 is 0. The summed E-state index contributed by atoms with van der Waals surface area (Å²) in [6.45, 7) is 6.24. The number of rotatable bonds is 2. The average molecular weight is 218 g/mol. The van der Waals surface area contributed by atoms with Gasteiger partial charge in [-0.2, -0.15) is 0 Å². The van der Waals surface area contributed by atoms with E-state index < -0.39 is 0 Å². The van der Waals surface area contributed by atoms with Gasteiger partial charge in [-0.25, -0.2) is 9.97 Å². The molecule has 1 aromatic rings. The van der Waals surface area contributed by atoms with Crippen molar-refractivity contribution in [2.45, 2.75) is 25.7 Å². The number of hydrogen-bond acceptors (Lipinski definition) is 4. The Labute approximate surface area is 96.1 Å². The highest BCUT2D eigenvalue weighted by Crippen LogP contribution is 2.40. The van der Waals surface area contributed by atoms with Crippen LogP contribution >= 0.6 is 0 Å². The molecule has 0 bridgehead atoms. The van der Waals surface area contributed by atoms with Gasteiger partial charge in [-0.15, -0.1) is 0 Å². The first-order chi connectivity index (χ1) is 7.84. The molecule has 0 spiro atoms. The van der Waals surface area contributed by atoms with Crippen LogP contribution in [0.2, 0.25) is 0 Å². The van der Waals surface area contributed by atoms with Crippen molar-refractivity contribution in [3.8, 4) is 0 Å². The molecule has 1 N–H and O–H groups in total. The second-order valence-corrected chi connectivity index (χ2v) is 4.75. The number of nitrogens with one attached hydrogen (secondary N) is 1. The molecule has 0 radical (unpaired) electrons. The summed E-state index contributed by atoms with van der Waals surface area (Å²) in [5.74, 6) is 1.64. The smallest absolute Gasteiger partial charge is 0.225 e. The average Bonchev–Trinajstić information content (AvgIpc) is 3.15. The molecule has 4 heteroatoms. The minimum atomic E-state index is 0.713. The summed E-state index contributed by atoms with van der Waals surface area (Å²) in [5.41, 5.74) is 2.53. The summed E-state index contributed by atoms with van der Waals surface area (Å²) in [5, 5.41) is 3.35. The maximum absolute atomic E-state index is 4.74. The topological polar surface area (TPSA) is 41.1 Å². The Morgan fingerprint density at radius 1 is 1.31 bits per heavy atom. The Hall–Kier alpha value is -1.16. The van der Waals surface area contributed by atoms with Crippen molar-refractivity contribution in [1.29, 1.82) is 0 Å². The van der Waals surface area contributed by atoms with Crippen molar-refractivity contribution in [3.63, 3.8) is 0 Å². The van der Waals surface area contributed by atoms with Crippen molar-refractivity contribution in [1.82, 2.24) is 15.3 Å². The van der Waals surface area contributed by atoms with Crippen LogP contribution in [0.15, 0.2) is 6.20 Å². The zero-order valence-electron chi connectivity index (χ0n) is 9.74. The van der Waals surface area contributed by atoms with Crippen LogP contribution in [0.5, 0.6) is 0 Å². The largest absolute Gasteiger partial charge is 0.338 e.